The fraction of sp³-hybridized carbons (Fsp3) is 0.615. The van der Waals surface area contributed by atoms with Crippen molar-refractivity contribution in [3.63, 3.8) is 0 Å². The van der Waals surface area contributed by atoms with Crippen molar-refractivity contribution in [1.29, 1.82) is 0 Å². The van der Waals surface area contributed by atoms with Gasteiger partial charge in [0.25, 0.3) is 0 Å². The second-order valence-corrected chi connectivity index (χ2v) is 4.68. The van der Waals surface area contributed by atoms with E-state index in [9.17, 15) is 0 Å². The van der Waals surface area contributed by atoms with Gasteiger partial charge in [0.05, 0.1) is 17.6 Å². The Morgan fingerprint density at radius 2 is 2.12 bits per heavy atom. The molecule has 16 heavy (non-hydrogen) atoms. The van der Waals surface area contributed by atoms with E-state index >= 15 is 0 Å². The number of anilines is 2. The molecule has 1 aliphatic rings. The molecule has 1 fully saturated rings. The predicted octanol–water partition coefficient (Wildman–Crippen LogP) is 3.05. The topological polar surface area (TPSA) is 50.9 Å². The normalized spacial score (nSPS) is 17.2. The molecule has 1 heterocycles. The minimum atomic E-state index is 0.742. The van der Waals surface area contributed by atoms with Crippen LogP contribution in [0.25, 0.3) is 0 Å². The number of nitrogens with zero attached hydrogens (tertiary/aromatic N) is 1. The summed E-state index contributed by atoms with van der Waals surface area (Å²) >= 11 is 0. The molecule has 3 heteroatoms. The summed E-state index contributed by atoms with van der Waals surface area (Å²) in [4.78, 5) is 3.98. The van der Waals surface area contributed by atoms with Gasteiger partial charge in [-0.15, -0.1) is 0 Å². The number of nitrogens with one attached hydrogen (secondary N) is 1. The third-order valence-corrected chi connectivity index (χ3v) is 3.44. The Morgan fingerprint density at radius 1 is 1.31 bits per heavy atom. The van der Waals surface area contributed by atoms with Crippen LogP contribution in [-0.4, -0.2) is 11.5 Å². The fourth-order valence-corrected chi connectivity index (χ4v) is 2.45. The summed E-state index contributed by atoms with van der Waals surface area (Å²) in [5, 5.41) is 3.40. The summed E-state index contributed by atoms with van der Waals surface area (Å²) < 4.78 is 0. The van der Waals surface area contributed by atoms with Crippen molar-refractivity contribution in [2.45, 2.75) is 38.5 Å². The largest absolute Gasteiger partial charge is 0.396 e. The minimum absolute atomic E-state index is 0.742. The molecule has 0 radical (unpaired) electrons. The highest BCUT2D eigenvalue weighted by atomic mass is 14.9. The van der Waals surface area contributed by atoms with Crippen LogP contribution in [0.4, 0.5) is 11.4 Å². The van der Waals surface area contributed by atoms with Crippen LogP contribution >= 0.6 is 0 Å². The first-order valence-electron chi connectivity index (χ1n) is 6.29. The van der Waals surface area contributed by atoms with Crippen molar-refractivity contribution in [1.82, 2.24) is 4.98 Å². The van der Waals surface area contributed by atoms with E-state index < -0.39 is 0 Å². The second kappa shape index (κ2) is 5.73. The van der Waals surface area contributed by atoms with Crippen LogP contribution in [0.15, 0.2) is 18.5 Å². The van der Waals surface area contributed by atoms with Crippen LogP contribution < -0.4 is 11.1 Å². The minimum Gasteiger partial charge on any atom is -0.396 e. The Balaban J connectivity index is 1.73. The summed E-state index contributed by atoms with van der Waals surface area (Å²) in [5.74, 6) is 0.921. The highest BCUT2D eigenvalue weighted by Crippen LogP contribution is 2.26. The first-order chi connectivity index (χ1) is 7.86. The van der Waals surface area contributed by atoms with E-state index in [0.29, 0.717) is 0 Å². The van der Waals surface area contributed by atoms with Gasteiger partial charge in [-0.05, 0) is 18.4 Å². The van der Waals surface area contributed by atoms with Gasteiger partial charge in [0.1, 0.15) is 0 Å². The van der Waals surface area contributed by atoms with E-state index in [-0.39, 0.29) is 0 Å². The Labute approximate surface area is 97.5 Å². The number of nitrogens with two attached hydrogens (primary N) is 1. The van der Waals surface area contributed by atoms with Crippen LogP contribution in [0.1, 0.15) is 38.5 Å². The van der Waals surface area contributed by atoms with Crippen LogP contribution in [0.2, 0.25) is 0 Å². The Bertz CT molecular complexity index is 319. The van der Waals surface area contributed by atoms with E-state index in [1.807, 2.05) is 6.07 Å². The summed E-state index contributed by atoms with van der Waals surface area (Å²) in [6, 6.07) is 1.94. The van der Waals surface area contributed by atoms with Crippen LogP contribution in [0, 0.1) is 5.92 Å². The molecule has 0 atom stereocenters. The fourth-order valence-electron chi connectivity index (χ4n) is 2.45. The Hall–Kier alpha value is -1.25. The van der Waals surface area contributed by atoms with Crippen LogP contribution in [0.5, 0.6) is 0 Å². The van der Waals surface area contributed by atoms with E-state index in [2.05, 4.69) is 10.3 Å². The molecule has 0 aromatic carbocycles. The zero-order chi connectivity index (χ0) is 11.2. The molecule has 1 aliphatic carbocycles. The standard InChI is InChI=1S/C13H21N3/c14-12-10-15-8-7-13(12)16-9-6-11-4-2-1-3-5-11/h7-8,10-11H,1-6,9,14H2,(H,15,16). The van der Waals surface area contributed by atoms with Gasteiger partial charge in [-0.25, -0.2) is 0 Å². The zero-order valence-electron chi connectivity index (χ0n) is 9.78. The average molecular weight is 219 g/mol. The van der Waals surface area contributed by atoms with E-state index in [1.165, 1.54) is 38.5 Å². The van der Waals surface area contributed by atoms with Gasteiger partial charge in [-0.3, -0.25) is 4.98 Å². The summed E-state index contributed by atoms with van der Waals surface area (Å²) in [7, 11) is 0. The molecular formula is C13H21N3. The number of nitrogen functional groups attached to an aromatic ring is 1. The van der Waals surface area contributed by atoms with Gasteiger partial charge in [-0.1, -0.05) is 32.1 Å². The van der Waals surface area contributed by atoms with Gasteiger partial charge < -0.3 is 11.1 Å². The second-order valence-electron chi connectivity index (χ2n) is 4.68. The third kappa shape index (κ3) is 3.12. The maximum absolute atomic E-state index is 5.81. The first-order valence-corrected chi connectivity index (χ1v) is 6.29. The molecular weight excluding hydrogens is 198 g/mol. The van der Waals surface area contributed by atoms with Crippen LogP contribution in [-0.2, 0) is 0 Å². The molecule has 0 amide bonds. The van der Waals surface area contributed by atoms with Gasteiger partial charge >= 0.3 is 0 Å². The number of aromatic nitrogens is 1. The van der Waals surface area contributed by atoms with Gasteiger partial charge in [0.15, 0.2) is 0 Å². The van der Waals surface area contributed by atoms with Crippen molar-refractivity contribution in [3.05, 3.63) is 18.5 Å². The summed E-state index contributed by atoms with van der Waals surface area (Å²) in [5.41, 5.74) is 7.58. The Morgan fingerprint density at radius 3 is 2.88 bits per heavy atom. The molecule has 0 saturated heterocycles. The smallest absolute Gasteiger partial charge is 0.0736 e. The van der Waals surface area contributed by atoms with Gasteiger partial charge in [-0.2, -0.15) is 0 Å². The highest BCUT2D eigenvalue weighted by Gasteiger charge is 2.12. The van der Waals surface area contributed by atoms with E-state index in [0.717, 1.165) is 23.8 Å². The van der Waals surface area contributed by atoms with E-state index in [1.54, 1.807) is 12.4 Å². The molecule has 0 unspecified atom stereocenters. The molecule has 1 aromatic rings. The number of pyridine rings is 1. The maximum atomic E-state index is 5.81. The zero-order valence-corrected chi connectivity index (χ0v) is 9.78. The van der Waals surface area contributed by atoms with Crippen molar-refractivity contribution >= 4 is 11.4 Å². The molecule has 88 valence electrons. The lowest BCUT2D eigenvalue weighted by atomic mass is 9.87. The monoisotopic (exact) mass is 219 g/mol. The molecule has 3 N–H and O–H groups in total. The Kier molecular flexibility index (Phi) is 4.03. The van der Waals surface area contributed by atoms with Crippen molar-refractivity contribution in [2.24, 2.45) is 5.92 Å². The lowest BCUT2D eigenvalue weighted by Gasteiger charge is -2.21. The van der Waals surface area contributed by atoms with Gasteiger partial charge in [0, 0.05) is 12.7 Å². The molecule has 1 saturated carbocycles. The molecule has 1 aromatic heterocycles. The van der Waals surface area contributed by atoms with E-state index in [4.69, 9.17) is 5.73 Å². The number of rotatable bonds is 4. The quantitative estimate of drug-likeness (QED) is 0.818. The summed E-state index contributed by atoms with van der Waals surface area (Å²) in [6.07, 6.45) is 11.8. The van der Waals surface area contributed by atoms with Gasteiger partial charge in [0.2, 0.25) is 0 Å². The van der Waals surface area contributed by atoms with Crippen LogP contribution in [0.3, 0.4) is 0 Å². The number of hydrogen-bond acceptors (Lipinski definition) is 3. The molecule has 2 rings (SSSR count). The van der Waals surface area contributed by atoms with Crippen molar-refractivity contribution in [3.8, 4) is 0 Å². The maximum Gasteiger partial charge on any atom is 0.0736 e. The average Bonchev–Trinajstić information content (AvgIpc) is 2.33. The van der Waals surface area contributed by atoms with Crippen molar-refractivity contribution in [2.75, 3.05) is 17.6 Å². The molecule has 0 spiro atoms. The highest BCUT2D eigenvalue weighted by molar-refractivity contribution is 5.64. The third-order valence-electron chi connectivity index (χ3n) is 3.44. The SMILES string of the molecule is Nc1cnccc1NCCC1CCCCC1. The first kappa shape index (κ1) is 11.2. The van der Waals surface area contributed by atoms with Crippen molar-refractivity contribution < 1.29 is 0 Å². The lowest BCUT2D eigenvalue weighted by Crippen LogP contribution is -2.12. The molecule has 0 aliphatic heterocycles. The lowest BCUT2D eigenvalue weighted by molar-refractivity contribution is 0.345. The predicted molar refractivity (Wildman–Crippen MR) is 68.3 cm³/mol. The molecule has 0 bridgehead atoms. The number of hydrogen-bond donors (Lipinski definition) is 2. The molecule has 3 nitrogen and oxygen atoms in total. The summed E-state index contributed by atoms with van der Waals surface area (Å²) in [6.45, 7) is 1.03.